The van der Waals surface area contributed by atoms with Crippen molar-refractivity contribution in [2.45, 2.75) is 0 Å². The van der Waals surface area contributed by atoms with Gasteiger partial charge in [-0.3, -0.25) is 0 Å². The minimum Gasteiger partial charge on any atom is -0.309 e. The lowest BCUT2D eigenvalue weighted by atomic mass is 9.88. The molecule has 0 radical (unpaired) electrons. The summed E-state index contributed by atoms with van der Waals surface area (Å²) in [4.78, 5) is 5.13. The van der Waals surface area contributed by atoms with Gasteiger partial charge in [0.2, 0.25) is 0 Å². The van der Waals surface area contributed by atoms with Crippen LogP contribution in [0, 0.1) is 11.3 Å². The highest BCUT2D eigenvalue weighted by Gasteiger charge is 2.18. The van der Waals surface area contributed by atoms with Crippen LogP contribution in [0.15, 0.2) is 164 Å². The first-order valence-electron chi connectivity index (χ1n) is 16.5. The summed E-state index contributed by atoms with van der Waals surface area (Å²) >= 11 is 0. The van der Waals surface area contributed by atoms with Crippen molar-refractivity contribution in [2.24, 2.45) is 0 Å². The number of pyridine rings is 1. The van der Waals surface area contributed by atoms with Gasteiger partial charge in [-0.25, -0.2) is 4.98 Å². The van der Waals surface area contributed by atoms with E-state index in [4.69, 9.17) is 4.98 Å². The van der Waals surface area contributed by atoms with Crippen molar-refractivity contribution in [3.63, 3.8) is 0 Å². The third-order valence-electron chi connectivity index (χ3n) is 9.98. The zero-order chi connectivity index (χ0) is 32.5. The first kappa shape index (κ1) is 27.4. The van der Waals surface area contributed by atoms with E-state index in [1.54, 1.807) is 0 Å². The Bertz CT molecular complexity index is 2930. The van der Waals surface area contributed by atoms with E-state index < -0.39 is 0 Å². The normalized spacial score (nSPS) is 11.7. The van der Waals surface area contributed by atoms with Gasteiger partial charge in [0.05, 0.1) is 34.1 Å². The maximum absolute atomic E-state index is 9.72. The van der Waals surface area contributed by atoms with Gasteiger partial charge < -0.3 is 4.57 Å². The maximum atomic E-state index is 9.72. The number of nitriles is 1. The van der Waals surface area contributed by atoms with Crippen molar-refractivity contribution in [1.82, 2.24) is 9.55 Å². The molecular weight excluding hydrogens is 595 g/mol. The van der Waals surface area contributed by atoms with Crippen LogP contribution in [0.5, 0.6) is 0 Å². The van der Waals surface area contributed by atoms with Gasteiger partial charge in [0, 0.05) is 27.6 Å². The summed E-state index contributed by atoms with van der Waals surface area (Å²) in [5.41, 5.74) is 10.4. The standard InChI is InChI=1S/C46H27N3/c47-28-29-14-20-37-38-23-19-33(27-44(38)49(43(37)26-29)34-10-5-2-6-11-34)35-21-15-31-18-25-40-36(22-16-32-17-24-39(35)45(31)46(32)40)42-13-7-12-41(48-42)30-8-3-1-4-9-30/h1-27H. The third-order valence-corrected chi connectivity index (χ3v) is 9.98. The Balaban J connectivity index is 1.20. The van der Waals surface area contributed by atoms with Gasteiger partial charge in [0.15, 0.2) is 0 Å². The summed E-state index contributed by atoms with van der Waals surface area (Å²) in [6.07, 6.45) is 0. The van der Waals surface area contributed by atoms with Gasteiger partial charge in [-0.15, -0.1) is 0 Å². The second-order valence-corrected chi connectivity index (χ2v) is 12.7. The quantitative estimate of drug-likeness (QED) is 0.184. The Morgan fingerprint density at radius 2 is 1.04 bits per heavy atom. The van der Waals surface area contributed by atoms with E-state index >= 15 is 0 Å². The molecule has 3 nitrogen and oxygen atoms in total. The largest absolute Gasteiger partial charge is 0.309 e. The predicted molar refractivity (Wildman–Crippen MR) is 203 cm³/mol. The monoisotopic (exact) mass is 621 g/mol. The van der Waals surface area contributed by atoms with Crippen LogP contribution in [-0.4, -0.2) is 9.55 Å². The highest BCUT2D eigenvalue weighted by Crippen LogP contribution is 2.43. The molecule has 0 fully saturated rings. The van der Waals surface area contributed by atoms with Crippen LogP contribution in [-0.2, 0) is 0 Å². The Morgan fingerprint density at radius 1 is 0.449 bits per heavy atom. The van der Waals surface area contributed by atoms with E-state index in [1.807, 2.05) is 24.3 Å². The zero-order valence-corrected chi connectivity index (χ0v) is 26.4. The summed E-state index contributed by atoms with van der Waals surface area (Å²) in [5.74, 6) is 0. The van der Waals surface area contributed by atoms with Gasteiger partial charge in [0.1, 0.15) is 0 Å². The van der Waals surface area contributed by atoms with Gasteiger partial charge in [-0.2, -0.15) is 5.26 Å². The summed E-state index contributed by atoms with van der Waals surface area (Å²) in [6.45, 7) is 0. The highest BCUT2D eigenvalue weighted by molar-refractivity contribution is 6.27. The topological polar surface area (TPSA) is 41.6 Å². The van der Waals surface area contributed by atoms with Gasteiger partial charge >= 0.3 is 0 Å². The van der Waals surface area contributed by atoms with E-state index in [-0.39, 0.29) is 0 Å². The molecule has 0 spiro atoms. The number of para-hydroxylation sites is 1. The first-order chi connectivity index (χ1) is 24.2. The third kappa shape index (κ3) is 4.18. The van der Waals surface area contributed by atoms with E-state index in [9.17, 15) is 5.26 Å². The molecular formula is C46H27N3. The molecule has 0 saturated heterocycles. The Morgan fingerprint density at radius 3 is 1.78 bits per heavy atom. The second-order valence-electron chi connectivity index (χ2n) is 12.7. The molecule has 0 bridgehead atoms. The molecule has 0 amide bonds. The fourth-order valence-corrected chi connectivity index (χ4v) is 7.74. The molecule has 0 aliphatic carbocycles. The Labute approximate surface area is 282 Å². The average molecular weight is 622 g/mol. The molecule has 3 heteroatoms. The molecule has 10 rings (SSSR count). The van der Waals surface area contributed by atoms with Crippen molar-refractivity contribution < 1.29 is 0 Å². The highest BCUT2D eigenvalue weighted by atomic mass is 15.0. The molecule has 0 aliphatic heterocycles. The molecule has 0 atom stereocenters. The van der Waals surface area contributed by atoms with Crippen LogP contribution in [0.4, 0.5) is 0 Å². The van der Waals surface area contributed by atoms with E-state index in [2.05, 4.69) is 150 Å². The lowest BCUT2D eigenvalue weighted by Crippen LogP contribution is -1.94. The van der Waals surface area contributed by atoms with Crippen LogP contribution in [0.1, 0.15) is 5.56 Å². The lowest BCUT2D eigenvalue weighted by molar-refractivity contribution is 1.18. The minimum absolute atomic E-state index is 0.654. The molecule has 2 aromatic heterocycles. The summed E-state index contributed by atoms with van der Waals surface area (Å²) in [6, 6.07) is 60.2. The fraction of sp³-hybridized carbons (Fsp3) is 0. The number of nitrogens with zero attached hydrogens (tertiary/aromatic N) is 3. The minimum atomic E-state index is 0.654. The number of fused-ring (bicyclic) bond motifs is 3. The molecule has 0 N–H and O–H groups in total. The van der Waals surface area contributed by atoms with E-state index in [0.717, 1.165) is 50.2 Å². The van der Waals surface area contributed by atoms with Crippen LogP contribution < -0.4 is 0 Å². The number of aromatic nitrogens is 2. The van der Waals surface area contributed by atoms with Crippen molar-refractivity contribution >= 4 is 54.1 Å². The van der Waals surface area contributed by atoms with Crippen LogP contribution in [0.25, 0.3) is 93.5 Å². The average Bonchev–Trinajstić information content (AvgIpc) is 3.50. The van der Waals surface area contributed by atoms with E-state index in [1.165, 1.54) is 43.3 Å². The molecule has 0 saturated carbocycles. The van der Waals surface area contributed by atoms with Crippen molar-refractivity contribution in [1.29, 1.82) is 5.26 Å². The number of benzene rings is 8. The Kier molecular flexibility index (Phi) is 5.94. The summed E-state index contributed by atoms with van der Waals surface area (Å²) < 4.78 is 2.29. The number of hydrogen-bond acceptors (Lipinski definition) is 2. The zero-order valence-electron chi connectivity index (χ0n) is 26.4. The van der Waals surface area contributed by atoms with Crippen LogP contribution in [0.2, 0.25) is 0 Å². The maximum Gasteiger partial charge on any atom is 0.0992 e. The van der Waals surface area contributed by atoms with Crippen molar-refractivity contribution in [3.8, 4) is 45.4 Å². The van der Waals surface area contributed by atoms with Gasteiger partial charge in [-0.05, 0) is 85.9 Å². The molecule has 10 aromatic rings. The first-order valence-corrected chi connectivity index (χ1v) is 16.5. The number of rotatable bonds is 4. The SMILES string of the molecule is N#Cc1ccc2c3ccc(-c4ccc5ccc6c(-c7cccc(-c8ccccc8)n7)ccc7ccc4c5c76)cc3n(-c3ccccc3)c2c1. The predicted octanol–water partition coefficient (Wildman–Crippen LogP) is 11.9. The van der Waals surface area contributed by atoms with Crippen LogP contribution in [0.3, 0.4) is 0 Å². The van der Waals surface area contributed by atoms with Crippen LogP contribution >= 0.6 is 0 Å². The smallest absolute Gasteiger partial charge is 0.0992 e. The van der Waals surface area contributed by atoms with Crippen molar-refractivity contribution in [2.75, 3.05) is 0 Å². The Hall–Kier alpha value is -6.76. The molecule has 0 unspecified atom stereocenters. The van der Waals surface area contributed by atoms with Gasteiger partial charge in [0.25, 0.3) is 0 Å². The van der Waals surface area contributed by atoms with Gasteiger partial charge in [-0.1, -0.05) is 121 Å². The summed E-state index contributed by atoms with van der Waals surface area (Å²) in [7, 11) is 0. The molecule has 8 aromatic carbocycles. The van der Waals surface area contributed by atoms with E-state index in [0.29, 0.717) is 5.56 Å². The lowest BCUT2D eigenvalue weighted by Gasteiger charge is -2.17. The second kappa shape index (κ2) is 10.6. The number of hydrogen-bond donors (Lipinski definition) is 0. The molecule has 2 heterocycles. The molecule has 0 aliphatic rings. The fourth-order valence-electron chi connectivity index (χ4n) is 7.74. The summed E-state index contributed by atoms with van der Waals surface area (Å²) in [5, 5.41) is 19.5. The van der Waals surface area contributed by atoms with Crippen molar-refractivity contribution in [3.05, 3.63) is 169 Å². The molecule has 49 heavy (non-hydrogen) atoms. The molecule has 226 valence electrons.